The molecule has 1 N–H and O–H groups in total. The van der Waals surface area contributed by atoms with Crippen LogP contribution >= 0.6 is 11.3 Å². The van der Waals surface area contributed by atoms with Gasteiger partial charge in [-0.2, -0.15) is 4.31 Å². The van der Waals surface area contributed by atoms with Gasteiger partial charge in [0, 0.05) is 43.7 Å². The summed E-state index contributed by atoms with van der Waals surface area (Å²) in [6.07, 6.45) is 0. The maximum atomic E-state index is 13.2. The van der Waals surface area contributed by atoms with Gasteiger partial charge in [0.25, 0.3) is 0 Å². The van der Waals surface area contributed by atoms with Crippen LogP contribution < -0.4 is 5.32 Å². The van der Waals surface area contributed by atoms with E-state index in [1.807, 2.05) is 54.9 Å². The lowest BCUT2D eigenvalue weighted by atomic mass is 10.2. The van der Waals surface area contributed by atoms with Gasteiger partial charge < -0.3 is 10.2 Å². The second-order valence-corrected chi connectivity index (χ2v) is 9.84. The van der Waals surface area contributed by atoms with Gasteiger partial charge in [0.1, 0.15) is 0 Å². The molecule has 1 aliphatic rings. The summed E-state index contributed by atoms with van der Waals surface area (Å²) >= 11 is 1.52. The Labute approximate surface area is 175 Å². The maximum Gasteiger partial charge on any atom is 0.243 e. The number of likely N-dealkylation sites (N-methyl/N-ethyl adjacent to an activating group) is 1. The largest absolute Gasteiger partial charge is 0.357 e. The van der Waals surface area contributed by atoms with Gasteiger partial charge in [0.15, 0.2) is 5.13 Å². The monoisotopic (exact) mass is 428 g/mol. The van der Waals surface area contributed by atoms with Crippen LogP contribution in [0.4, 0.5) is 5.13 Å². The fraction of sp³-hybridized carbons (Fsp3) is 0.286. The number of piperazine rings is 1. The number of rotatable bonds is 6. The van der Waals surface area contributed by atoms with Crippen molar-refractivity contribution in [2.24, 2.45) is 0 Å². The molecule has 1 fully saturated rings. The number of aromatic nitrogens is 1. The van der Waals surface area contributed by atoms with E-state index >= 15 is 0 Å². The Hall–Kier alpha value is -2.26. The van der Waals surface area contributed by atoms with E-state index in [0.717, 1.165) is 35.0 Å². The molecule has 0 atom stereocenters. The number of benzene rings is 2. The first kappa shape index (κ1) is 20.0. The summed E-state index contributed by atoms with van der Waals surface area (Å²) in [6, 6.07) is 17.2. The minimum Gasteiger partial charge on any atom is -0.357 e. The first-order chi connectivity index (χ1) is 14.0. The molecule has 2 heterocycles. The average molecular weight is 429 g/mol. The van der Waals surface area contributed by atoms with Gasteiger partial charge in [0.05, 0.1) is 10.6 Å². The molecule has 1 aliphatic heterocycles. The Morgan fingerprint density at radius 2 is 1.69 bits per heavy atom. The van der Waals surface area contributed by atoms with Gasteiger partial charge in [-0.1, -0.05) is 48.5 Å². The fourth-order valence-electron chi connectivity index (χ4n) is 3.34. The van der Waals surface area contributed by atoms with Crippen molar-refractivity contribution in [3.05, 3.63) is 65.5 Å². The summed E-state index contributed by atoms with van der Waals surface area (Å²) in [4.78, 5) is 7.14. The zero-order valence-electron chi connectivity index (χ0n) is 16.3. The highest BCUT2D eigenvalue weighted by Crippen LogP contribution is 2.26. The lowest BCUT2D eigenvalue weighted by Gasteiger charge is -2.32. The lowest BCUT2D eigenvalue weighted by Crippen LogP contribution is -2.47. The molecular formula is C21H24N4O2S2. The molecule has 0 spiro atoms. The molecule has 0 radical (unpaired) electrons. The quantitative estimate of drug-likeness (QED) is 0.652. The standard InChI is InChI=1S/C21H24N4O2S2/c1-24-11-13-25(14-12-24)29(26,27)20-10-6-5-9-18(20)15-22-21-23-19(16-28-21)17-7-3-2-4-8-17/h2-10,16H,11-15H2,1H3,(H,22,23). The summed E-state index contributed by atoms with van der Waals surface area (Å²) in [5, 5.41) is 6.07. The Bertz CT molecular complexity index is 1060. The fourth-order valence-corrected chi connectivity index (χ4v) is 5.70. The van der Waals surface area contributed by atoms with Crippen molar-refractivity contribution in [3.8, 4) is 11.3 Å². The van der Waals surface area contributed by atoms with Crippen molar-refractivity contribution >= 4 is 26.5 Å². The predicted octanol–water partition coefficient (Wildman–Crippen LogP) is 3.36. The SMILES string of the molecule is CN1CCN(S(=O)(=O)c2ccccc2CNc2nc(-c3ccccc3)cs2)CC1. The number of hydrogen-bond donors (Lipinski definition) is 1. The van der Waals surface area contributed by atoms with Crippen LogP contribution in [0.1, 0.15) is 5.56 Å². The number of nitrogens with one attached hydrogen (secondary N) is 1. The number of hydrogen-bond acceptors (Lipinski definition) is 6. The van der Waals surface area contributed by atoms with E-state index in [9.17, 15) is 8.42 Å². The molecule has 0 saturated carbocycles. The highest BCUT2D eigenvalue weighted by molar-refractivity contribution is 7.89. The summed E-state index contributed by atoms with van der Waals surface area (Å²) in [6.45, 7) is 2.95. The third-order valence-electron chi connectivity index (χ3n) is 5.06. The van der Waals surface area contributed by atoms with Crippen LogP contribution in [0.25, 0.3) is 11.3 Å². The second-order valence-electron chi connectivity index (χ2n) is 7.07. The second kappa shape index (κ2) is 8.62. The molecule has 152 valence electrons. The zero-order chi connectivity index (χ0) is 20.3. The van der Waals surface area contributed by atoms with E-state index in [0.29, 0.717) is 24.5 Å². The molecule has 0 unspecified atom stereocenters. The summed E-state index contributed by atoms with van der Waals surface area (Å²) < 4.78 is 27.9. The molecule has 4 rings (SSSR count). The number of sulfonamides is 1. The third-order valence-corrected chi connectivity index (χ3v) is 7.86. The van der Waals surface area contributed by atoms with E-state index in [2.05, 4.69) is 15.2 Å². The Morgan fingerprint density at radius 3 is 2.45 bits per heavy atom. The highest BCUT2D eigenvalue weighted by Gasteiger charge is 2.29. The molecule has 8 heteroatoms. The molecular weight excluding hydrogens is 404 g/mol. The van der Waals surface area contributed by atoms with Crippen molar-refractivity contribution in [1.82, 2.24) is 14.2 Å². The van der Waals surface area contributed by atoms with Gasteiger partial charge in [-0.3, -0.25) is 0 Å². The van der Waals surface area contributed by atoms with Crippen molar-refractivity contribution in [1.29, 1.82) is 0 Å². The zero-order valence-corrected chi connectivity index (χ0v) is 17.9. The number of anilines is 1. The van der Waals surface area contributed by atoms with Crippen molar-refractivity contribution in [2.75, 3.05) is 38.5 Å². The van der Waals surface area contributed by atoms with Crippen molar-refractivity contribution < 1.29 is 8.42 Å². The van der Waals surface area contributed by atoms with Gasteiger partial charge in [-0.05, 0) is 18.7 Å². The van der Waals surface area contributed by atoms with Crippen LogP contribution in [-0.2, 0) is 16.6 Å². The number of nitrogens with zero attached hydrogens (tertiary/aromatic N) is 3. The Morgan fingerprint density at radius 1 is 1.00 bits per heavy atom. The van der Waals surface area contributed by atoms with Crippen LogP contribution in [0.3, 0.4) is 0 Å². The minimum absolute atomic E-state index is 0.372. The van der Waals surface area contributed by atoms with Crippen LogP contribution in [0.5, 0.6) is 0 Å². The van der Waals surface area contributed by atoms with Crippen LogP contribution in [0, 0.1) is 0 Å². The average Bonchev–Trinajstić information content (AvgIpc) is 3.22. The van der Waals surface area contributed by atoms with Gasteiger partial charge in [-0.15, -0.1) is 11.3 Å². The molecule has 0 amide bonds. The maximum absolute atomic E-state index is 13.2. The van der Waals surface area contributed by atoms with E-state index in [-0.39, 0.29) is 0 Å². The summed E-state index contributed by atoms with van der Waals surface area (Å²) in [5.74, 6) is 0. The van der Waals surface area contributed by atoms with Crippen molar-refractivity contribution in [3.63, 3.8) is 0 Å². The normalized spacial score (nSPS) is 16.0. The van der Waals surface area contributed by atoms with Gasteiger partial charge in [0.2, 0.25) is 10.0 Å². The highest BCUT2D eigenvalue weighted by atomic mass is 32.2. The first-order valence-corrected chi connectivity index (χ1v) is 11.9. The van der Waals surface area contributed by atoms with E-state index in [1.54, 1.807) is 16.4 Å². The topological polar surface area (TPSA) is 65.5 Å². The van der Waals surface area contributed by atoms with E-state index < -0.39 is 10.0 Å². The summed E-state index contributed by atoms with van der Waals surface area (Å²) in [5.41, 5.74) is 2.73. The summed E-state index contributed by atoms with van der Waals surface area (Å²) in [7, 11) is -1.50. The molecule has 29 heavy (non-hydrogen) atoms. The molecule has 6 nitrogen and oxygen atoms in total. The van der Waals surface area contributed by atoms with Crippen molar-refractivity contribution in [2.45, 2.75) is 11.4 Å². The molecule has 0 aliphatic carbocycles. The Balaban J connectivity index is 1.50. The van der Waals surface area contributed by atoms with E-state index in [1.165, 1.54) is 11.3 Å². The van der Waals surface area contributed by atoms with Gasteiger partial charge >= 0.3 is 0 Å². The van der Waals surface area contributed by atoms with Crippen LogP contribution in [0.15, 0.2) is 64.9 Å². The Kier molecular flexibility index (Phi) is 5.96. The van der Waals surface area contributed by atoms with Gasteiger partial charge in [-0.25, -0.2) is 13.4 Å². The predicted molar refractivity (Wildman–Crippen MR) is 118 cm³/mol. The molecule has 2 aromatic carbocycles. The number of thiazole rings is 1. The first-order valence-electron chi connectivity index (χ1n) is 9.55. The molecule has 1 aromatic heterocycles. The van der Waals surface area contributed by atoms with Crippen LogP contribution in [-0.4, -0.2) is 55.8 Å². The molecule has 3 aromatic rings. The van der Waals surface area contributed by atoms with E-state index in [4.69, 9.17) is 0 Å². The third kappa shape index (κ3) is 4.51. The lowest BCUT2D eigenvalue weighted by molar-refractivity contribution is 0.222. The molecule has 0 bridgehead atoms. The van der Waals surface area contributed by atoms with Crippen LogP contribution in [0.2, 0.25) is 0 Å². The minimum atomic E-state index is -3.51. The smallest absolute Gasteiger partial charge is 0.243 e. The molecule has 1 saturated heterocycles.